The first-order valence-electron chi connectivity index (χ1n) is 7.24. The molecule has 20 heavy (non-hydrogen) atoms. The minimum atomic E-state index is -1.81. The van der Waals surface area contributed by atoms with E-state index in [0.29, 0.717) is 12.3 Å². The summed E-state index contributed by atoms with van der Waals surface area (Å²) < 4.78 is 0. The van der Waals surface area contributed by atoms with Gasteiger partial charge in [0.15, 0.2) is 0 Å². The van der Waals surface area contributed by atoms with Crippen LogP contribution < -0.4 is 0 Å². The first-order valence-corrected chi connectivity index (χ1v) is 7.24. The van der Waals surface area contributed by atoms with Crippen molar-refractivity contribution in [2.45, 2.75) is 51.4 Å². The van der Waals surface area contributed by atoms with E-state index >= 15 is 0 Å². The number of hydrogen-bond donors (Lipinski definition) is 0. The Hall–Kier alpha value is -1.32. The Morgan fingerprint density at radius 2 is 1.20 bits per heavy atom. The highest BCUT2D eigenvalue weighted by molar-refractivity contribution is 6.00. The molecular weight excluding hydrogens is 256 g/mol. The van der Waals surface area contributed by atoms with Crippen LogP contribution in [0.5, 0.6) is 0 Å². The van der Waals surface area contributed by atoms with Gasteiger partial charge in [-0.3, -0.25) is 19.2 Å². The van der Waals surface area contributed by atoms with Gasteiger partial charge in [-0.05, 0) is 31.1 Å². The molecule has 0 saturated heterocycles. The van der Waals surface area contributed by atoms with Gasteiger partial charge in [0.25, 0.3) is 0 Å². The van der Waals surface area contributed by atoms with E-state index in [0.717, 1.165) is 25.7 Å². The third-order valence-electron chi connectivity index (χ3n) is 5.20. The normalized spacial score (nSPS) is 29.3. The van der Waals surface area contributed by atoms with Gasteiger partial charge in [-0.1, -0.05) is 32.1 Å². The minimum absolute atomic E-state index is 0.144. The van der Waals surface area contributed by atoms with E-state index in [-0.39, 0.29) is 18.8 Å². The fourth-order valence-corrected chi connectivity index (χ4v) is 3.87. The monoisotopic (exact) mass is 274 g/mol. The van der Waals surface area contributed by atoms with Gasteiger partial charge in [-0.2, -0.15) is 0 Å². The first-order chi connectivity index (χ1) is 9.67. The van der Waals surface area contributed by atoms with Crippen LogP contribution >= 0.6 is 0 Å². The van der Waals surface area contributed by atoms with Crippen LogP contribution in [-0.2, 0) is 19.2 Å². The summed E-state index contributed by atoms with van der Waals surface area (Å²) in [5, 5.41) is 0. The Labute approximate surface area is 119 Å². The maximum absolute atomic E-state index is 11.3. The summed E-state index contributed by atoms with van der Waals surface area (Å²) >= 11 is 0. The molecule has 1 unspecified atom stereocenters. The topological polar surface area (TPSA) is 68.3 Å². The molecule has 4 radical (unpaired) electrons. The molecule has 0 N–H and O–H groups in total. The molecule has 2 aliphatic rings. The Kier molecular flexibility index (Phi) is 4.51. The molecule has 106 valence electrons. The second-order valence-corrected chi connectivity index (χ2v) is 6.12. The Morgan fingerprint density at radius 3 is 1.70 bits per heavy atom. The highest BCUT2D eigenvalue weighted by atomic mass is 16.1. The Balaban J connectivity index is 2.25. The van der Waals surface area contributed by atoms with E-state index in [1.165, 1.54) is 6.42 Å². The number of rotatable bonds is 5. The Bertz CT molecular complexity index is 379. The van der Waals surface area contributed by atoms with E-state index in [2.05, 4.69) is 0 Å². The second kappa shape index (κ2) is 5.98. The van der Waals surface area contributed by atoms with Crippen LogP contribution in [-0.4, -0.2) is 25.1 Å². The maximum atomic E-state index is 11.3. The zero-order valence-corrected chi connectivity index (χ0v) is 11.4. The maximum Gasteiger partial charge on any atom is 0.215 e. The molecule has 2 saturated carbocycles. The lowest BCUT2D eigenvalue weighted by Crippen LogP contribution is -2.52. The van der Waals surface area contributed by atoms with Crippen LogP contribution in [0.1, 0.15) is 51.4 Å². The van der Waals surface area contributed by atoms with Crippen molar-refractivity contribution in [2.75, 3.05) is 0 Å². The number of hydrogen-bond acceptors (Lipinski definition) is 4. The van der Waals surface area contributed by atoms with Crippen molar-refractivity contribution in [1.29, 1.82) is 0 Å². The molecule has 0 heterocycles. The van der Waals surface area contributed by atoms with Gasteiger partial charge in [-0.15, -0.1) is 0 Å². The molecule has 2 aliphatic carbocycles. The molecule has 4 nitrogen and oxygen atoms in total. The zero-order valence-electron chi connectivity index (χ0n) is 11.4. The molecule has 0 amide bonds. The highest BCUT2D eigenvalue weighted by Crippen LogP contribution is 2.51. The number of carbonyl (C=O) groups excluding carboxylic acids is 4. The molecule has 4 heteroatoms. The van der Waals surface area contributed by atoms with Gasteiger partial charge >= 0.3 is 0 Å². The van der Waals surface area contributed by atoms with Crippen molar-refractivity contribution in [1.82, 2.24) is 0 Å². The molecule has 0 aromatic heterocycles. The highest BCUT2D eigenvalue weighted by Gasteiger charge is 2.59. The van der Waals surface area contributed by atoms with Crippen LogP contribution in [0.25, 0.3) is 0 Å². The quantitative estimate of drug-likeness (QED) is 0.717. The third-order valence-corrected chi connectivity index (χ3v) is 5.20. The van der Waals surface area contributed by atoms with Crippen LogP contribution in [0.15, 0.2) is 0 Å². The van der Waals surface area contributed by atoms with Crippen LogP contribution in [0.3, 0.4) is 0 Å². The summed E-state index contributed by atoms with van der Waals surface area (Å²) in [5.74, 6) is 0.633. The predicted octanol–water partition coefficient (Wildman–Crippen LogP) is 1.78. The largest absolute Gasteiger partial charge is 0.290 e. The Morgan fingerprint density at radius 1 is 0.650 bits per heavy atom. The van der Waals surface area contributed by atoms with Crippen molar-refractivity contribution in [2.24, 2.45) is 22.7 Å². The van der Waals surface area contributed by atoms with Gasteiger partial charge in [0.1, 0.15) is 10.8 Å². The molecule has 0 aliphatic heterocycles. The van der Waals surface area contributed by atoms with E-state index in [9.17, 15) is 19.2 Å². The second-order valence-electron chi connectivity index (χ2n) is 6.12. The van der Waals surface area contributed by atoms with E-state index < -0.39 is 10.8 Å². The lowest BCUT2D eigenvalue weighted by atomic mass is 9.53. The smallest absolute Gasteiger partial charge is 0.215 e. The minimum Gasteiger partial charge on any atom is -0.290 e. The van der Waals surface area contributed by atoms with Crippen molar-refractivity contribution in [3.05, 3.63) is 0 Å². The molecule has 0 spiro atoms. The van der Waals surface area contributed by atoms with Gasteiger partial charge in [0, 0.05) is 0 Å². The summed E-state index contributed by atoms with van der Waals surface area (Å²) in [6.07, 6.45) is 13.1. The van der Waals surface area contributed by atoms with E-state index in [1.54, 1.807) is 25.1 Å². The van der Waals surface area contributed by atoms with Crippen molar-refractivity contribution in [3.8, 4) is 0 Å². The third kappa shape index (κ3) is 2.25. The van der Waals surface area contributed by atoms with Gasteiger partial charge in [0.2, 0.25) is 25.1 Å². The summed E-state index contributed by atoms with van der Waals surface area (Å²) in [6.45, 7) is 0. The molecule has 2 rings (SSSR count). The fraction of sp³-hybridized carbons (Fsp3) is 0.750. The van der Waals surface area contributed by atoms with Crippen molar-refractivity contribution >= 4 is 25.1 Å². The molecule has 0 aromatic carbocycles. The first kappa shape index (κ1) is 15.1. The average molecular weight is 274 g/mol. The molecule has 2 fully saturated rings. The van der Waals surface area contributed by atoms with Crippen molar-refractivity contribution < 1.29 is 19.2 Å². The summed E-state index contributed by atoms with van der Waals surface area (Å²) in [7, 11) is 0. The molecule has 1 atom stereocenters. The van der Waals surface area contributed by atoms with Gasteiger partial charge < -0.3 is 0 Å². The zero-order chi connectivity index (χ0) is 14.6. The van der Waals surface area contributed by atoms with Crippen LogP contribution in [0, 0.1) is 22.7 Å². The molecule has 0 bridgehead atoms. The lowest BCUT2D eigenvalue weighted by Gasteiger charge is -2.44. The SMILES string of the molecule is O=[C]C1([C]=O)CCC(C2CCCCC2)CC1([C]=O)[C]=O. The lowest BCUT2D eigenvalue weighted by molar-refractivity contribution is 0.112. The molecular formula is C16H18O4. The van der Waals surface area contributed by atoms with E-state index in [4.69, 9.17) is 0 Å². The van der Waals surface area contributed by atoms with Crippen LogP contribution in [0.4, 0.5) is 0 Å². The average Bonchev–Trinajstić information content (AvgIpc) is 2.54. The molecule has 0 aromatic rings. The summed E-state index contributed by atoms with van der Waals surface area (Å²) in [4.78, 5) is 45.0. The van der Waals surface area contributed by atoms with E-state index in [1.807, 2.05) is 0 Å². The van der Waals surface area contributed by atoms with Crippen LogP contribution in [0.2, 0.25) is 0 Å². The summed E-state index contributed by atoms with van der Waals surface area (Å²) in [6, 6.07) is 0. The fourth-order valence-electron chi connectivity index (χ4n) is 3.87. The summed E-state index contributed by atoms with van der Waals surface area (Å²) in [5.41, 5.74) is -3.61. The van der Waals surface area contributed by atoms with Gasteiger partial charge in [-0.25, -0.2) is 0 Å². The predicted molar refractivity (Wildman–Crippen MR) is 71.6 cm³/mol. The van der Waals surface area contributed by atoms with Crippen molar-refractivity contribution in [3.63, 3.8) is 0 Å². The standard InChI is InChI=1S/C16H18O4/c17-9-15(10-18)7-6-14(8-16(15,11-19)12-20)13-4-2-1-3-5-13/h13-14H,1-8H2. The van der Waals surface area contributed by atoms with Gasteiger partial charge in [0.05, 0.1) is 0 Å².